The normalized spacial score (nSPS) is 20.6. The zero-order valence-corrected chi connectivity index (χ0v) is 12.3. The highest BCUT2D eigenvalue weighted by molar-refractivity contribution is 5.75. The van der Waals surface area contributed by atoms with Crippen LogP contribution in [-0.2, 0) is 20.8 Å². The number of esters is 1. The van der Waals surface area contributed by atoms with E-state index in [1.807, 2.05) is 32.9 Å². The molecule has 1 aromatic heterocycles. The summed E-state index contributed by atoms with van der Waals surface area (Å²) < 4.78 is 10.9. The Kier molecular flexibility index (Phi) is 4.73. The van der Waals surface area contributed by atoms with Crippen LogP contribution in [0.4, 0.5) is 0 Å². The van der Waals surface area contributed by atoms with Gasteiger partial charge in [-0.25, -0.2) is 4.79 Å². The number of rotatable bonds is 3. The molecule has 5 heteroatoms. The minimum atomic E-state index is -0.496. The molecule has 0 radical (unpaired) electrons. The highest BCUT2D eigenvalue weighted by atomic mass is 16.6. The average Bonchev–Trinajstić information content (AvgIpc) is 2.38. The first-order valence-electron chi connectivity index (χ1n) is 6.90. The van der Waals surface area contributed by atoms with Crippen LogP contribution in [0.5, 0.6) is 0 Å². The van der Waals surface area contributed by atoms with Crippen molar-refractivity contribution in [3.63, 3.8) is 0 Å². The van der Waals surface area contributed by atoms with Gasteiger partial charge in [-0.3, -0.25) is 9.88 Å². The number of morpholine rings is 1. The summed E-state index contributed by atoms with van der Waals surface area (Å²) in [7, 11) is 0. The van der Waals surface area contributed by atoms with Crippen LogP contribution in [0, 0.1) is 0 Å². The fourth-order valence-electron chi connectivity index (χ4n) is 2.10. The maximum Gasteiger partial charge on any atom is 0.337 e. The Morgan fingerprint density at radius 2 is 2.15 bits per heavy atom. The molecule has 0 aliphatic carbocycles. The van der Waals surface area contributed by atoms with Gasteiger partial charge in [0.15, 0.2) is 6.10 Å². The van der Waals surface area contributed by atoms with E-state index in [9.17, 15) is 4.79 Å². The van der Waals surface area contributed by atoms with Crippen LogP contribution < -0.4 is 0 Å². The van der Waals surface area contributed by atoms with Crippen molar-refractivity contribution in [3.8, 4) is 0 Å². The van der Waals surface area contributed by atoms with Crippen LogP contribution in [-0.4, -0.2) is 47.3 Å². The smallest absolute Gasteiger partial charge is 0.337 e. The Bertz CT molecular complexity index is 442. The molecule has 0 saturated carbocycles. The van der Waals surface area contributed by atoms with Crippen LogP contribution in [0.15, 0.2) is 24.5 Å². The van der Waals surface area contributed by atoms with E-state index in [4.69, 9.17) is 9.47 Å². The van der Waals surface area contributed by atoms with E-state index < -0.39 is 11.7 Å². The van der Waals surface area contributed by atoms with Gasteiger partial charge in [-0.1, -0.05) is 0 Å². The molecule has 0 N–H and O–H groups in total. The molecule has 5 nitrogen and oxygen atoms in total. The number of hydrogen-bond acceptors (Lipinski definition) is 5. The molecule has 1 fully saturated rings. The van der Waals surface area contributed by atoms with Gasteiger partial charge < -0.3 is 9.47 Å². The largest absolute Gasteiger partial charge is 0.458 e. The van der Waals surface area contributed by atoms with Gasteiger partial charge in [-0.05, 0) is 38.5 Å². The van der Waals surface area contributed by atoms with Gasteiger partial charge in [0.2, 0.25) is 0 Å². The molecular weight excluding hydrogens is 256 g/mol. The molecule has 2 heterocycles. The molecule has 0 spiro atoms. The number of ether oxygens (including phenoxy) is 2. The minimum absolute atomic E-state index is 0.281. The third kappa shape index (κ3) is 4.58. The van der Waals surface area contributed by atoms with Crippen molar-refractivity contribution >= 4 is 5.97 Å². The molecule has 0 amide bonds. The number of pyridine rings is 1. The van der Waals surface area contributed by atoms with Crippen LogP contribution in [0.25, 0.3) is 0 Å². The van der Waals surface area contributed by atoms with Crippen LogP contribution in [0.2, 0.25) is 0 Å². The standard InChI is InChI=1S/C15H22N2O3/c1-15(2,3)20-14(18)13-11-17(8-9-19-13)10-12-4-6-16-7-5-12/h4-7,13H,8-11H2,1-3H3. The van der Waals surface area contributed by atoms with Crippen molar-refractivity contribution in [2.75, 3.05) is 19.7 Å². The van der Waals surface area contributed by atoms with E-state index in [2.05, 4.69) is 9.88 Å². The summed E-state index contributed by atoms with van der Waals surface area (Å²) in [6, 6.07) is 3.97. The van der Waals surface area contributed by atoms with Crippen molar-refractivity contribution in [2.24, 2.45) is 0 Å². The van der Waals surface area contributed by atoms with E-state index in [1.165, 1.54) is 5.56 Å². The Labute approximate surface area is 119 Å². The Hall–Kier alpha value is -1.46. The minimum Gasteiger partial charge on any atom is -0.458 e. The maximum absolute atomic E-state index is 12.0. The van der Waals surface area contributed by atoms with Gasteiger partial charge in [-0.2, -0.15) is 0 Å². The highest BCUT2D eigenvalue weighted by Crippen LogP contribution is 2.14. The first kappa shape index (κ1) is 14.9. The molecule has 20 heavy (non-hydrogen) atoms. The summed E-state index contributed by atoms with van der Waals surface area (Å²) in [4.78, 5) is 18.2. The third-order valence-electron chi connectivity index (χ3n) is 2.98. The molecule has 110 valence electrons. The first-order valence-corrected chi connectivity index (χ1v) is 6.90. The topological polar surface area (TPSA) is 51.7 Å². The lowest BCUT2D eigenvalue weighted by Gasteiger charge is -2.33. The third-order valence-corrected chi connectivity index (χ3v) is 2.98. The molecule has 1 aliphatic rings. The lowest BCUT2D eigenvalue weighted by Crippen LogP contribution is -2.47. The second-order valence-corrected chi connectivity index (χ2v) is 5.98. The summed E-state index contributed by atoms with van der Waals surface area (Å²) in [5.74, 6) is -0.281. The Morgan fingerprint density at radius 3 is 2.80 bits per heavy atom. The second-order valence-electron chi connectivity index (χ2n) is 5.98. The zero-order valence-electron chi connectivity index (χ0n) is 12.3. The lowest BCUT2D eigenvalue weighted by atomic mass is 10.2. The van der Waals surface area contributed by atoms with Gasteiger partial charge in [-0.15, -0.1) is 0 Å². The SMILES string of the molecule is CC(C)(C)OC(=O)C1CN(Cc2ccncc2)CCO1. The summed E-state index contributed by atoms with van der Waals surface area (Å²) in [5.41, 5.74) is 0.707. The highest BCUT2D eigenvalue weighted by Gasteiger charge is 2.30. The number of carbonyl (C=O) groups is 1. The predicted molar refractivity (Wildman–Crippen MR) is 75.1 cm³/mol. The van der Waals surface area contributed by atoms with E-state index in [1.54, 1.807) is 12.4 Å². The summed E-state index contributed by atoms with van der Waals surface area (Å²) in [6.07, 6.45) is 3.06. The molecular formula is C15H22N2O3. The average molecular weight is 278 g/mol. The van der Waals surface area contributed by atoms with Gasteiger partial charge >= 0.3 is 5.97 Å². The van der Waals surface area contributed by atoms with Gasteiger partial charge in [0.1, 0.15) is 5.60 Å². The predicted octanol–water partition coefficient (Wildman–Crippen LogP) is 1.62. The van der Waals surface area contributed by atoms with Crippen molar-refractivity contribution in [3.05, 3.63) is 30.1 Å². The Balaban J connectivity index is 1.90. The molecule has 1 saturated heterocycles. The molecule has 1 aliphatic heterocycles. The summed E-state index contributed by atoms with van der Waals surface area (Å²) in [5, 5.41) is 0. The van der Waals surface area contributed by atoms with E-state index in [0.717, 1.165) is 13.1 Å². The molecule has 1 unspecified atom stereocenters. The first-order chi connectivity index (χ1) is 9.44. The summed E-state index contributed by atoms with van der Waals surface area (Å²) >= 11 is 0. The van der Waals surface area contributed by atoms with Gasteiger partial charge in [0, 0.05) is 32.0 Å². The molecule has 2 rings (SSSR count). The fraction of sp³-hybridized carbons (Fsp3) is 0.600. The lowest BCUT2D eigenvalue weighted by molar-refractivity contribution is -0.174. The monoisotopic (exact) mass is 278 g/mol. The fourth-order valence-corrected chi connectivity index (χ4v) is 2.10. The molecule has 0 bridgehead atoms. The molecule has 1 atom stereocenters. The van der Waals surface area contributed by atoms with E-state index in [0.29, 0.717) is 13.2 Å². The van der Waals surface area contributed by atoms with Gasteiger partial charge in [0.25, 0.3) is 0 Å². The van der Waals surface area contributed by atoms with Crippen molar-refractivity contribution in [2.45, 2.75) is 39.0 Å². The van der Waals surface area contributed by atoms with Gasteiger partial charge in [0.05, 0.1) is 6.61 Å². The van der Waals surface area contributed by atoms with E-state index in [-0.39, 0.29) is 5.97 Å². The Morgan fingerprint density at radius 1 is 1.45 bits per heavy atom. The number of hydrogen-bond donors (Lipinski definition) is 0. The zero-order chi connectivity index (χ0) is 14.6. The molecule has 1 aromatic rings. The number of carbonyl (C=O) groups excluding carboxylic acids is 1. The number of nitrogens with zero attached hydrogens (tertiary/aromatic N) is 2. The van der Waals surface area contributed by atoms with Crippen LogP contribution >= 0.6 is 0 Å². The summed E-state index contributed by atoms with van der Waals surface area (Å²) in [6.45, 7) is 8.33. The number of aromatic nitrogens is 1. The van der Waals surface area contributed by atoms with Crippen molar-refractivity contribution in [1.82, 2.24) is 9.88 Å². The van der Waals surface area contributed by atoms with Crippen LogP contribution in [0.3, 0.4) is 0 Å². The molecule has 0 aromatic carbocycles. The van der Waals surface area contributed by atoms with E-state index >= 15 is 0 Å². The second kappa shape index (κ2) is 6.33. The van der Waals surface area contributed by atoms with Crippen molar-refractivity contribution < 1.29 is 14.3 Å². The quantitative estimate of drug-likeness (QED) is 0.786. The maximum atomic E-state index is 12.0. The van der Waals surface area contributed by atoms with Crippen LogP contribution in [0.1, 0.15) is 26.3 Å². The van der Waals surface area contributed by atoms with Crippen molar-refractivity contribution in [1.29, 1.82) is 0 Å².